The first-order valence-electron chi connectivity index (χ1n) is 10.2. The molecule has 0 unspecified atom stereocenters. The van der Waals surface area contributed by atoms with Crippen molar-refractivity contribution >= 4 is 21.6 Å². The Hall–Kier alpha value is -2.34. The van der Waals surface area contributed by atoms with Gasteiger partial charge in [-0.25, -0.2) is 8.42 Å². The van der Waals surface area contributed by atoms with E-state index in [-0.39, 0.29) is 16.8 Å². The molecule has 2 aromatic rings. The van der Waals surface area contributed by atoms with Gasteiger partial charge in [0.25, 0.3) is 10.0 Å². The Labute approximate surface area is 174 Å². The highest BCUT2D eigenvalue weighted by molar-refractivity contribution is 7.92. The van der Waals surface area contributed by atoms with Crippen LogP contribution in [0, 0.1) is 0 Å². The fourth-order valence-electron chi connectivity index (χ4n) is 3.34. The minimum atomic E-state index is -3.65. The highest BCUT2D eigenvalue weighted by atomic mass is 32.2. The van der Waals surface area contributed by atoms with Gasteiger partial charge in [-0.15, -0.1) is 0 Å². The van der Waals surface area contributed by atoms with Crippen molar-refractivity contribution in [1.82, 2.24) is 5.32 Å². The van der Waals surface area contributed by atoms with Crippen molar-refractivity contribution < 1.29 is 13.2 Å². The van der Waals surface area contributed by atoms with Gasteiger partial charge in [0.15, 0.2) is 0 Å². The summed E-state index contributed by atoms with van der Waals surface area (Å²) in [7, 11) is -3.65. The Kier molecular flexibility index (Phi) is 6.03. The summed E-state index contributed by atoms with van der Waals surface area (Å²) in [6.45, 7) is 8.18. The number of carbonyl (C=O) groups excluding carboxylic acids is 1. The molecule has 6 heteroatoms. The lowest BCUT2D eigenvalue weighted by atomic mass is 9.94. The lowest BCUT2D eigenvalue weighted by Crippen LogP contribution is -2.39. The molecule has 0 aromatic heterocycles. The Bertz CT molecular complexity index is 960. The summed E-state index contributed by atoms with van der Waals surface area (Å²) in [6.07, 6.45) is 2.53. The minimum absolute atomic E-state index is 0.0606. The molecule has 2 aromatic carbocycles. The molecule has 1 aliphatic carbocycles. The minimum Gasteiger partial charge on any atom is -0.353 e. The van der Waals surface area contributed by atoms with Crippen molar-refractivity contribution in [2.75, 3.05) is 4.72 Å². The van der Waals surface area contributed by atoms with Crippen molar-refractivity contribution in [3.05, 3.63) is 59.7 Å². The average molecular weight is 415 g/mol. The number of anilines is 1. The van der Waals surface area contributed by atoms with Crippen LogP contribution < -0.4 is 10.0 Å². The van der Waals surface area contributed by atoms with E-state index in [4.69, 9.17) is 0 Å². The molecule has 0 bridgehead atoms. The Morgan fingerprint density at radius 2 is 1.59 bits per heavy atom. The number of hydrogen-bond donors (Lipinski definition) is 2. The lowest BCUT2D eigenvalue weighted by molar-refractivity contribution is -0.124. The first-order chi connectivity index (χ1) is 13.7. The Morgan fingerprint density at radius 3 is 2.07 bits per heavy atom. The van der Waals surface area contributed by atoms with Crippen molar-refractivity contribution in [1.29, 1.82) is 0 Å². The Balaban J connectivity index is 1.73. The number of nitrogens with one attached hydrogen (secondary N) is 2. The van der Waals surface area contributed by atoms with Gasteiger partial charge in [-0.2, -0.15) is 0 Å². The second-order valence-corrected chi connectivity index (χ2v) is 9.95. The van der Waals surface area contributed by atoms with Gasteiger partial charge in [-0.1, -0.05) is 45.0 Å². The highest BCUT2D eigenvalue weighted by Gasteiger charge is 2.51. The molecule has 0 heterocycles. The summed E-state index contributed by atoms with van der Waals surface area (Å²) < 4.78 is 28.0. The van der Waals surface area contributed by atoms with Crippen molar-refractivity contribution in [3.8, 4) is 0 Å². The maximum atomic E-state index is 12.7. The van der Waals surface area contributed by atoms with Gasteiger partial charge in [0.1, 0.15) is 0 Å². The summed E-state index contributed by atoms with van der Waals surface area (Å²) in [6, 6.07) is 14.2. The van der Waals surface area contributed by atoms with Gasteiger partial charge >= 0.3 is 0 Å². The van der Waals surface area contributed by atoms with Crippen LogP contribution >= 0.6 is 0 Å². The van der Waals surface area contributed by atoms with Crippen LogP contribution in [0.3, 0.4) is 0 Å². The number of rotatable bonds is 8. The smallest absolute Gasteiger partial charge is 0.261 e. The second kappa shape index (κ2) is 8.19. The molecule has 156 valence electrons. The lowest BCUT2D eigenvalue weighted by Gasteiger charge is -2.19. The maximum absolute atomic E-state index is 12.7. The number of benzene rings is 2. The third kappa shape index (κ3) is 4.64. The zero-order chi connectivity index (χ0) is 21.2. The second-order valence-electron chi connectivity index (χ2n) is 8.27. The van der Waals surface area contributed by atoms with Crippen LogP contribution in [0.5, 0.6) is 0 Å². The van der Waals surface area contributed by atoms with E-state index in [9.17, 15) is 13.2 Å². The van der Waals surface area contributed by atoms with Crippen LogP contribution in [0.2, 0.25) is 0 Å². The van der Waals surface area contributed by atoms with Crippen LogP contribution in [-0.4, -0.2) is 20.4 Å². The van der Waals surface area contributed by atoms with Gasteiger partial charge in [0, 0.05) is 11.7 Å². The average Bonchev–Trinajstić information content (AvgIpc) is 3.50. The molecule has 1 fully saturated rings. The quantitative estimate of drug-likeness (QED) is 0.665. The summed E-state index contributed by atoms with van der Waals surface area (Å²) in [5.41, 5.74) is 2.05. The standard InChI is InChI=1S/C23H30N2O3S/c1-5-17(4)24-22(26)23(14-15-23)19-8-10-20(11-9-19)25-29(27,28)21-12-6-18(7-13-21)16(2)3/h6-13,16-17,25H,5,14-15H2,1-4H3,(H,24,26)/t17-/m1/s1. The summed E-state index contributed by atoms with van der Waals surface area (Å²) >= 11 is 0. The molecule has 5 nitrogen and oxygen atoms in total. The highest BCUT2D eigenvalue weighted by Crippen LogP contribution is 2.48. The molecule has 29 heavy (non-hydrogen) atoms. The first kappa shape index (κ1) is 21.4. The molecular weight excluding hydrogens is 384 g/mol. The van der Waals surface area contributed by atoms with E-state index < -0.39 is 15.4 Å². The molecule has 1 aliphatic rings. The maximum Gasteiger partial charge on any atom is 0.261 e. The molecule has 0 radical (unpaired) electrons. The van der Waals surface area contributed by atoms with E-state index in [1.807, 2.05) is 38.1 Å². The van der Waals surface area contributed by atoms with Gasteiger partial charge < -0.3 is 5.32 Å². The molecule has 0 aliphatic heterocycles. The number of amides is 1. The normalized spacial score (nSPS) is 16.3. The zero-order valence-electron chi connectivity index (χ0n) is 17.5. The van der Waals surface area contributed by atoms with Crippen molar-refractivity contribution in [2.45, 2.75) is 69.2 Å². The van der Waals surface area contributed by atoms with Crippen LogP contribution in [-0.2, 0) is 20.2 Å². The van der Waals surface area contributed by atoms with Crippen LogP contribution in [0.4, 0.5) is 5.69 Å². The van der Waals surface area contributed by atoms with E-state index in [1.165, 1.54) is 0 Å². The number of carbonyl (C=O) groups is 1. The molecule has 0 saturated heterocycles. The van der Waals surface area contributed by atoms with Crippen molar-refractivity contribution in [2.24, 2.45) is 0 Å². The van der Waals surface area contributed by atoms with E-state index in [2.05, 4.69) is 23.9 Å². The van der Waals surface area contributed by atoms with Crippen LogP contribution in [0.1, 0.15) is 64.0 Å². The van der Waals surface area contributed by atoms with Gasteiger partial charge in [0.05, 0.1) is 10.3 Å². The predicted molar refractivity (Wildman–Crippen MR) is 117 cm³/mol. The predicted octanol–water partition coefficient (Wildman–Crippen LogP) is 4.56. The zero-order valence-corrected chi connectivity index (χ0v) is 18.3. The van der Waals surface area contributed by atoms with Gasteiger partial charge in [0.2, 0.25) is 5.91 Å². The third-order valence-electron chi connectivity index (χ3n) is 5.72. The van der Waals surface area contributed by atoms with E-state index >= 15 is 0 Å². The molecule has 1 atom stereocenters. The number of hydrogen-bond acceptors (Lipinski definition) is 3. The van der Waals surface area contributed by atoms with Crippen LogP contribution in [0.15, 0.2) is 53.4 Å². The van der Waals surface area contributed by atoms with Crippen LogP contribution in [0.25, 0.3) is 0 Å². The monoisotopic (exact) mass is 414 g/mol. The molecule has 1 saturated carbocycles. The SMILES string of the molecule is CC[C@@H](C)NC(=O)C1(c2ccc(NS(=O)(=O)c3ccc(C(C)C)cc3)cc2)CC1. The molecule has 1 amide bonds. The molecule has 0 spiro atoms. The summed E-state index contributed by atoms with van der Waals surface area (Å²) in [5.74, 6) is 0.407. The van der Waals surface area contributed by atoms with Crippen molar-refractivity contribution in [3.63, 3.8) is 0 Å². The Morgan fingerprint density at radius 1 is 1.00 bits per heavy atom. The fourth-order valence-corrected chi connectivity index (χ4v) is 4.40. The summed E-state index contributed by atoms with van der Waals surface area (Å²) in [4.78, 5) is 12.9. The third-order valence-corrected chi connectivity index (χ3v) is 7.12. The van der Waals surface area contributed by atoms with E-state index in [0.717, 1.165) is 30.4 Å². The van der Waals surface area contributed by atoms with E-state index in [0.29, 0.717) is 11.6 Å². The van der Waals surface area contributed by atoms with Gasteiger partial charge in [-0.05, 0) is 67.5 Å². The van der Waals surface area contributed by atoms with Gasteiger partial charge in [-0.3, -0.25) is 9.52 Å². The fraction of sp³-hybridized carbons (Fsp3) is 0.435. The number of sulfonamides is 1. The molecule has 2 N–H and O–H groups in total. The largest absolute Gasteiger partial charge is 0.353 e. The molecule has 3 rings (SSSR count). The topological polar surface area (TPSA) is 75.3 Å². The van der Waals surface area contributed by atoms with E-state index in [1.54, 1.807) is 24.3 Å². The first-order valence-corrected chi connectivity index (χ1v) is 11.7. The molecular formula is C23H30N2O3S. The summed E-state index contributed by atoms with van der Waals surface area (Å²) in [5, 5.41) is 3.07.